The molecule has 5 rings (SSSR count). The third kappa shape index (κ3) is 3.74. The molecule has 5 aromatic rings. The van der Waals surface area contributed by atoms with Gasteiger partial charge in [0.1, 0.15) is 5.01 Å². The summed E-state index contributed by atoms with van der Waals surface area (Å²) in [6.45, 7) is 0. The van der Waals surface area contributed by atoms with E-state index < -0.39 is 9.84 Å². The van der Waals surface area contributed by atoms with E-state index in [2.05, 4.69) is 9.97 Å². The fourth-order valence-corrected chi connectivity index (χ4v) is 6.42. The van der Waals surface area contributed by atoms with E-state index in [1.165, 1.54) is 0 Å². The van der Waals surface area contributed by atoms with Gasteiger partial charge in [0.15, 0.2) is 9.84 Å². The Labute approximate surface area is 190 Å². The van der Waals surface area contributed by atoms with E-state index >= 15 is 0 Å². The number of nitrogens with zero attached hydrogens (tertiary/aromatic N) is 3. The molecular formula is C25H21N3O2S2. The molecule has 0 saturated carbocycles. The molecule has 2 heterocycles. The minimum atomic E-state index is -3.55. The van der Waals surface area contributed by atoms with Gasteiger partial charge in [0, 0.05) is 48.5 Å². The highest BCUT2D eigenvalue weighted by Crippen LogP contribution is 2.33. The van der Waals surface area contributed by atoms with E-state index in [1.807, 2.05) is 79.7 Å². The lowest BCUT2D eigenvalue weighted by Gasteiger charge is -2.17. The van der Waals surface area contributed by atoms with E-state index in [9.17, 15) is 8.42 Å². The number of anilines is 1. The summed E-state index contributed by atoms with van der Waals surface area (Å²) in [5.41, 5.74) is 3.53. The molecule has 0 radical (unpaired) electrons. The van der Waals surface area contributed by atoms with Crippen molar-refractivity contribution in [2.75, 3.05) is 19.0 Å². The highest BCUT2D eigenvalue weighted by atomic mass is 32.2. The van der Waals surface area contributed by atoms with Crippen LogP contribution in [-0.4, -0.2) is 32.5 Å². The van der Waals surface area contributed by atoms with Crippen LogP contribution in [0.25, 0.3) is 31.6 Å². The third-order valence-corrected chi connectivity index (χ3v) is 8.19. The minimum Gasteiger partial charge on any atom is -0.377 e. The molecular weight excluding hydrogens is 438 g/mol. The molecule has 32 heavy (non-hydrogen) atoms. The van der Waals surface area contributed by atoms with Crippen LogP contribution in [0.1, 0.15) is 5.56 Å². The van der Waals surface area contributed by atoms with Crippen LogP contribution >= 0.6 is 11.3 Å². The van der Waals surface area contributed by atoms with E-state index in [4.69, 9.17) is 0 Å². The van der Waals surface area contributed by atoms with Gasteiger partial charge in [0.05, 0.1) is 20.9 Å². The third-order valence-electron chi connectivity index (χ3n) is 5.40. The average Bonchev–Trinajstić information content (AvgIpc) is 3.22. The Morgan fingerprint density at radius 3 is 2.53 bits per heavy atom. The molecule has 0 aliphatic heterocycles. The van der Waals surface area contributed by atoms with Crippen LogP contribution < -0.4 is 4.90 Å². The van der Waals surface area contributed by atoms with Crippen LogP contribution in [0.5, 0.6) is 0 Å². The zero-order valence-electron chi connectivity index (χ0n) is 17.7. The Morgan fingerprint density at radius 1 is 0.938 bits per heavy atom. The molecule has 2 aromatic heterocycles. The fraction of sp³-hybridized carbons (Fsp3) is 0.120. The second kappa shape index (κ2) is 8.00. The minimum absolute atomic E-state index is 0.0708. The summed E-state index contributed by atoms with van der Waals surface area (Å²) >= 11 is 1.55. The zero-order valence-corrected chi connectivity index (χ0v) is 19.3. The number of benzene rings is 3. The van der Waals surface area contributed by atoms with Crippen LogP contribution in [0.15, 0.2) is 84.0 Å². The largest absolute Gasteiger partial charge is 0.377 e. The molecule has 0 saturated heterocycles. The lowest BCUT2D eigenvalue weighted by Crippen LogP contribution is -2.10. The number of rotatable bonds is 5. The summed E-state index contributed by atoms with van der Waals surface area (Å²) < 4.78 is 27.9. The number of thiazole rings is 1. The number of pyridine rings is 1. The molecule has 0 bridgehead atoms. The first-order chi connectivity index (χ1) is 15.4. The molecule has 0 fully saturated rings. The Hall–Kier alpha value is -3.29. The average molecular weight is 460 g/mol. The van der Waals surface area contributed by atoms with E-state index in [-0.39, 0.29) is 5.75 Å². The topological polar surface area (TPSA) is 63.2 Å². The number of sulfone groups is 1. The molecule has 5 nitrogen and oxygen atoms in total. The smallest absolute Gasteiger partial charge is 0.183 e. The van der Waals surface area contributed by atoms with Gasteiger partial charge in [-0.15, -0.1) is 11.3 Å². The van der Waals surface area contributed by atoms with Gasteiger partial charge in [-0.3, -0.25) is 4.98 Å². The second-order valence-corrected chi connectivity index (χ2v) is 10.8. The molecule has 0 N–H and O–H groups in total. The van der Waals surface area contributed by atoms with Crippen molar-refractivity contribution in [2.24, 2.45) is 0 Å². The van der Waals surface area contributed by atoms with Crippen molar-refractivity contribution in [3.8, 4) is 10.6 Å². The van der Waals surface area contributed by atoms with Gasteiger partial charge in [-0.2, -0.15) is 0 Å². The first-order valence-corrected chi connectivity index (χ1v) is 12.6. The van der Waals surface area contributed by atoms with Crippen molar-refractivity contribution in [3.63, 3.8) is 0 Å². The van der Waals surface area contributed by atoms with Gasteiger partial charge in [0.25, 0.3) is 0 Å². The zero-order chi connectivity index (χ0) is 22.3. The molecule has 0 atom stereocenters. The van der Waals surface area contributed by atoms with E-state index in [0.717, 1.165) is 42.8 Å². The molecule has 160 valence electrons. The number of hydrogen-bond acceptors (Lipinski definition) is 6. The molecule has 0 aliphatic carbocycles. The monoisotopic (exact) mass is 459 g/mol. The van der Waals surface area contributed by atoms with Crippen LogP contribution in [0.2, 0.25) is 0 Å². The lowest BCUT2D eigenvalue weighted by molar-refractivity contribution is 0.596. The van der Waals surface area contributed by atoms with Crippen LogP contribution in [0.4, 0.5) is 5.69 Å². The van der Waals surface area contributed by atoms with Gasteiger partial charge in [-0.1, -0.05) is 42.5 Å². The predicted octanol–water partition coefficient (Wildman–Crippen LogP) is 5.55. The van der Waals surface area contributed by atoms with Crippen molar-refractivity contribution in [3.05, 3.63) is 84.7 Å². The molecule has 0 amide bonds. The quantitative estimate of drug-likeness (QED) is 0.345. The Bertz CT molecular complexity index is 1520. The summed E-state index contributed by atoms with van der Waals surface area (Å²) in [5.74, 6) is -0.0708. The van der Waals surface area contributed by atoms with Gasteiger partial charge >= 0.3 is 0 Å². The van der Waals surface area contributed by atoms with E-state index in [0.29, 0.717) is 4.90 Å². The molecule has 0 aliphatic rings. The first-order valence-electron chi connectivity index (χ1n) is 10.1. The summed E-state index contributed by atoms with van der Waals surface area (Å²) in [7, 11) is 0.364. The second-order valence-electron chi connectivity index (χ2n) is 7.84. The van der Waals surface area contributed by atoms with Crippen molar-refractivity contribution < 1.29 is 8.42 Å². The van der Waals surface area contributed by atoms with Crippen molar-refractivity contribution in [1.29, 1.82) is 0 Å². The Kier molecular flexibility index (Phi) is 5.15. The summed E-state index contributed by atoms with van der Waals surface area (Å²) in [6, 6.07) is 20.7. The first kappa shape index (κ1) is 20.6. The van der Waals surface area contributed by atoms with Gasteiger partial charge in [-0.25, -0.2) is 13.4 Å². The molecule has 0 spiro atoms. The van der Waals surface area contributed by atoms with Crippen molar-refractivity contribution >= 4 is 47.9 Å². The van der Waals surface area contributed by atoms with Gasteiger partial charge in [-0.05, 0) is 29.8 Å². The highest BCUT2D eigenvalue weighted by Gasteiger charge is 2.20. The van der Waals surface area contributed by atoms with E-state index in [1.54, 1.807) is 29.8 Å². The lowest BCUT2D eigenvalue weighted by atomic mass is 10.1. The Balaban J connectivity index is 1.53. The molecule has 0 unspecified atom stereocenters. The fourth-order valence-electron chi connectivity index (χ4n) is 3.92. The van der Waals surface area contributed by atoms with Crippen LogP contribution in [0, 0.1) is 0 Å². The maximum absolute atomic E-state index is 13.5. The standard InChI is InChI=1S/C25H21N3O2S2/c1-28(2)22-10-4-9-20-19(22)8-5-11-24(20)32(29,30)16-17-6-3-7-18(14-17)25-27-21-12-13-26-15-23(21)31-25/h3-15H,16H2,1-2H3. The van der Waals surface area contributed by atoms with Crippen molar-refractivity contribution in [1.82, 2.24) is 9.97 Å². The number of aromatic nitrogens is 2. The summed E-state index contributed by atoms with van der Waals surface area (Å²) in [4.78, 5) is 11.2. The normalized spacial score (nSPS) is 11.8. The van der Waals surface area contributed by atoms with Gasteiger partial charge < -0.3 is 4.90 Å². The number of fused-ring (bicyclic) bond motifs is 2. The molecule has 3 aromatic carbocycles. The maximum Gasteiger partial charge on any atom is 0.183 e. The Morgan fingerprint density at radius 2 is 1.72 bits per heavy atom. The summed E-state index contributed by atoms with van der Waals surface area (Å²) in [6.07, 6.45) is 3.52. The summed E-state index contributed by atoms with van der Waals surface area (Å²) in [5, 5.41) is 2.52. The number of hydrogen-bond donors (Lipinski definition) is 0. The maximum atomic E-state index is 13.5. The molecule has 7 heteroatoms. The SMILES string of the molecule is CN(C)c1cccc2c(S(=O)(=O)Cc3cccc(-c4nc5ccncc5s4)c3)cccc12. The van der Waals surface area contributed by atoms with Crippen molar-refractivity contribution in [2.45, 2.75) is 10.6 Å². The highest BCUT2D eigenvalue weighted by molar-refractivity contribution is 7.90. The van der Waals surface area contributed by atoms with Gasteiger partial charge in [0.2, 0.25) is 0 Å². The van der Waals surface area contributed by atoms with Crippen LogP contribution in [0.3, 0.4) is 0 Å². The van der Waals surface area contributed by atoms with Crippen LogP contribution in [-0.2, 0) is 15.6 Å². The predicted molar refractivity (Wildman–Crippen MR) is 132 cm³/mol.